The zero-order valence-corrected chi connectivity index (χ0v) is 10.7. The molecule has 0 aliphatic carbocycles. The Kier molecular flexibility index (Phi) is 6.50. The Morgan fingerprint density at radius 1 is 1.50 bits per heavy atom. The lowest BCUT2D eigenvalue weighted by molar-refractivity contribution is 0.0852. The number of hydrogen-bond donors (Lipinski definition) is 1. The summed E-state index contributed by atoms with van der Waals surface area (Å²) in [6.45, 7) is 7.67. The van der Waals surface area contributed by atoms with Crippen LogP contribution in [0.3, 0.4) is 0 Å². The number of aliphatic hydroxyl groups excluding tert-OH is 1. The van der Waals surface area contributed by atoms with Crippen LogP contribution in [0.1, 0.15) is 13.8 Å². The molecular weight excluding hydrogens is 284 g/mol. The highest BCUT2D eigenvalue weighted by Gasteiger charge is 2.24. The average Bonchev–Trinajstić information content (AvgIpc) is 2.12. The Hall–Kier alpha value is 0.660. The fourth-order valence-electron chi connectivity index (χ4n) is 0.973. The van der Waals surface area contributed by atoms with Gasteiger partial charge in [-0.3, -0.25) is 0 Å². The lowest BCUT2D eigenvalue weighted by atomic mass is 9.92. The first-order valence-corrected chi connectivity index (χ1v) is 6.09. The van der Waals surface area contributed by atoms with Gasteiger partial charge >= 0.3 is 0 Å². The van der Waals surface area contributed by atoms with E-state index in [9.17, 15) is 5.11 Å². The van der Waals surface area contributed by atoms with E-state index in [0.29, 0.717) is 4.83 Å². The number of aliphatic hydroxyl groups is 1. The van der Waals surface area contributed by atoms with Crippen molar-refractivity contribution in [1.29, 1.82) is 0 Å². The van der Waals surface area contributed by atoms with Crippen molar-refractivity contribution in [1.82, 2.24) is 0 Å². The van der Waals surface area contributed by atoms with Crippen LogP contribution < -0.4 is 0 Å². The summed E-state index contributed by atoms with van der Waals surface area (Å²) >= 11 is 6.87. The lowest BCUT2D eigenvalue weighted by Gasteiger charge is -2.25. The Balaban J connectivity index is 4.07. The highest BCUT2D eigenvalue weighted by molar-refractivity contribution is 9.12. The van der Waals surface area contributed by atoms with Crippen molar-refractivity contribution in [3.8, 4) is 0 Å². The van der Waals surface area contributed by atoms with E-state index in [1.54, 1.807) is 6.08 Å². The van der Waals surface area contributed by atoms with Crippen LogP contribution in [0.25, 0.3) is 0 Å². The van der Waals surface area contributed by atoms with Gasteiger partial charge in [-0.25, -0.2) is 0 Å². The topological polar surface area (TPSA) is 20.2 Å². The fourth-order valence-corrected chi connectivity index (χ4v) is 1.88. The first-order chi connectivity index (χ1) is 5.54. The molecule has 72 valence electrons. The summed E-state index contributed by atoms with van der Waals surface area (Å²) < 4.78 is 0. The fraction of sp³-hybridized carbons (Fsp3) is 0.778. The quantitative estimate of drug-likeness (QED) is 0.611. The first kappa shape index (κ1) is 12.7. The van der Waals surface area contributed by atoms with E-state index in [4.69, 9.17) is 0 Å². The van der Waals surface area contributed by atoms with Crippen LogP contribution in [-0.2, 0) is 0 Å². The largest absolute Gasteiger partial charge is 0.392 e. The van der Waals surface area contributed by atoms with Crippen LogP contribution in [0.5, 0.6) is 0 Å². The van der Waals surface area contributed by atoms with Gasteiger partial charge < -0.3 is 5.11 Å². The third kappa shape index (κ3) is 3.58. The van der Waals surface area contributed by atoms with Crippen molar-refractivity contribution in [2.24, 2.45) is 11.8 Å². The van der Waals surface area contributed by atoms with Gasteiger partial charge in [-0.1, -0.05) is 51.8 Å². The minimum atomic E-state index is -0.315. The SMILES string of the molecule is C=CC(C)C(O)C(C)C(Br)CBr. The zero-order valence-electron chi connectivity index (χ0n) is 7.50. The lowest BCUT2D eigenvalue weighted by Crippen LogP contribution is -2.31. The second kappa shape index (κ2) is 6.17. The molecule has 0 aliphatic rings. The molecule has 0 radical (unpaired) electrons. The zero-order chi connectivity index (χ0) is 9.72. The van der Waals surface area contributed by atoms with Gasteiger partial charge in [-0.15, -0.1) is 6.58 Å². The van der Waals surface area contributed by atoms with E-state index in [1.165, 1.54) is 0 Å². The van der Waals surface area contributed by atoms with Gasteiger partial charge in [-0.05, 0) is 11.8 Å². The van der Waals surface area contributed by atoms with E-state index in [-0.39, 0.29) is 17.9 Å². The van der Waals surface area contributed by atoms with E-state index in [1.807, 2.05) is 13.8 Å². The van der Waals surface area contributed by atoms with Gasteiger partial charge in [-0.2, -0.15) is 0 Å². The Labute approximate surface area is 91.5 Å². The molecule has 0 aromatic heterocycles. The number of halogens is 2. The van der Waals surface area contributed by atoms with Crippen LogP contribution in [0.15, 0.2) is 12.7 Å². The highest BCUT2D eigenvalue weighted by Crippen LogP contribution is 2.23. The summed E-state index contributed by atoms with van der Waals surface area (Å²) in [7, 11) is 0. The number of hydrogen-bond acceptors (Lipinski definition) is 1. The van der Waals surface area contributed by atoms with Gasteiger partial charge in [0.25, 0.3) is 0 Å². The van der Waals surface area contributed by atoms with E-state index in [2.05, 4.69) is 38.4 Å². The molecule has 4 atom stereocenters. The van der Waals surface area contributed by atoms with Gasteiger partial charge in [0.1, 0.15) is 0 Å². The van der Waals surface area contributed by atoms with Crippen LogP contribution in [0.2, 0.25) is 0 Å². The maximum atomic E-state index is 9.77. The van der Waals surface area contributed by atoms with Gasteiger partial charge in [0, 0.05) is 10.2 Å². The van der Waals surface area contributed by atoms with Gasteiger partial charge in [0.2, 0.25) is 0 Å². The number of rotatable bonds is 5. The summed E-state index contributed by atoms with van der Waals surface area (Å²) in [5, 5.41) is 10.6. The molecule has 12 heavy (non-hydrogen) atoms. The van der Waals surface area contributed by atoms with E-state index < -0.39 is 0 Å². The van der Waals surface area contributed by atoms with Crippen molar-refractivity contribution in [3.63, 3.8) is 0 Å². The molecule has 3 heteroatoms. The molecule has 0 amide bonds. The van der Waals surface area contributed by atoms with Crippen LogP contribution in [0.4, 0.5) is 0 Å². The molecule has 0 aromatic rings. The van der Waals surface area contributed by atoms with Crippen molar-refractivity contribution in [2.45, 2.75) is 24.8 Å². The Morgan fingerprint density at radius 3 is 2.33 bits per heavy atom. The highest BCUT2D eigenvalue weighted by atomic mass is 79.9. The molecule has 0 rings (SSSR count). The second-order valence-corrected chi connectivity index (χ2v) is 4.94. The first-order valence-electron chi connectivity index (χ1n) is 4.05. The molecule has 0 aromatic carbocycles. The molecule has 0 heterocycles. The molecule has 1 nitrogen and oxygen atoms in total. The molecule has 0 saturated heterocycles. The average molecular weight is 300 g/mol. The van der Waals surface area contributed by atoms with Crippen molar-refractivity contribution in [2.75, 3.05) is 5.33 Å². The summed E-state index contributed by atoms with van der Waals surface area (Å²) in [6, 6.07) is 0. The maximum absolute atomic E-state index is 9.77. The molecule has 4 unspecified atom stereocenters. The van der Waals surface area contributed by atoms with Gasteiger partial charge in [0.15, 0.2) is 0 Å². The van der Waals surface area contributed by atoms with E-state index in [0.717, 1.165) is 5.33 Å². The smallest absolute Gasteiger partial charge is 0.0636 e. The molecule has 0 bridgehead atoms. The maximum Gasteiger partial charge on any atom is 0.0636 e. The summed E-state index contributed by atoms with van der Waals surface area (Å²) in [5.74, 6) is 0.386. The van der Waals surface area contributed by atoms with Crippen LogP contribution in [0, 0.1) is 11.8 Å². The molecule has 1 N–H and O–H groups in total. The predicted octanol–water partition coefficient (Wildman–Crippen LogP) is 2.96. The molecule has 0 saturated carbocycles. The van der Waals surface area contributed by atoms with Gasteiger partial charge in [0.05, 0.1) is 6.10 Å². The standard InChI is InChI=1S/C9H16Br2O/c1-4-6(2)9(12)7(3)8(11)5-10/h4,6-9,12H,1,5H2,2-3H3. The van der Waals surface area contributed by atoms with Crippen molar-refractivity contribution < 1.29 is 5.11 Å². The monoisotopic (exact) mass is 298 g/mol. The second-order valence-electron chi connectivity index (χ2n) is 3.11. The third-order valence-electron chi connectivity index (χ3n) is 2.17. The van der Waals surface area contributed by atoms with E-state index >= 15 is 0 Å². The normalized spacial score (nSPS) is 21.1. The Bertz CT molecular complexity index is 138. The minimum Gasteiger partial charge on any atom is -0.392 e. The third-order valence-corrected chi connectivity index (χ3v) is 4.89. The molecular formula is C9H16Br2O. The summed E-state index contributed by atoms with van der Waals surface area (Å²) in [5.41, 5.74) is 0. The predicted molar refractivity (Wildman–Crippen MR) is 61.0 cm³/mol. The van der Waals surface area contributed by atoms with Crippen LogP contribution >= 0.6 is 31.9 Å². The van der Waals surface area contributed by atoms with Crippen molar-refractivity contribution in [3.05, 3.63) is 12.7 Å². The molecule has 0 aliphatic heterocycles. The summed E-state index contributed by atoms with van der Waals surface area (Å²) in [6.07, 6.45) is 1.47. The van der Waals surface area contributed by atoms with Crippen molar-refractivity contribution >= 4 is 31.9 Å². The summed E-state index contributed by atoms with van der Waals surface area (Å²) in [4.78, 5) is 0.315. The molecule has 0 spiro atoms. The number of alkyl halides is 2. The Morgan fingerprint density at radius 2 is 2.00 bits per heavy atom. The van der Waals surface area contributed by atoms with Crippen LogP contribution in [-0.4, -0.2) is 21.4 Å². The minimum absolute atomic E-state index is 0.152. The molecule has 0 fully saturated rings.